The minimum absolute atomic E-state index is 0.436. The molecule has 1 aliphatic rings. The third-order valence-corrected chi connectivity index (χ3v) is 2.69. The summed E-state index contributed by atoms with van der Waals surface area (Å²) in [7, 11) is 3.30. The van der Waals surface area contributed by atoms with Gasteiger partial charge in [0.15, 0.2) is 5.60 Å². The van der Waals surface area contributed by atoms with Gasteiger partial charge in [-0.05, 0) is 32.1 Å². The van der Waals surface area contributed by atoms with Crippen LogP contribution in [0.2, 0.25) is 0 Å². The normalized spacial score (nSPS) is 16.9. The summed E-state index contributed by atoms with van der Waals surface area (Å²) in [4.78, 5) is 0. The fraction of sp³-hybridized carbons (Fsp3) is 0.385. The fourth-order valence-corrected chi connectivity index (χ4v) is 1.79. The van der Waals surface area contributed by atoms with Gasteiger partial charge in [0.1, 0.15) is 17.3 Å². The van der Waals surface area contributed by atoms with E-state index in [0.29, 0.717) is 0 Å². The Bertz CT molecular complexity index is 433. The van der Waals surface area contributed by atoms with Crippen molar-refractivity contribution >= 4 is 6.08 Å². The van der Waals surface area contributed by atoms with Crippen molar-refractivity contribution in [1.82, 2.24) is 0 Å². The minimum Gasteiger partial charge on any atom is -0.497 e. The lowest BCUT2D eigenvalue weighted by Gasteiger charge is -2.32. The number of hydrogen-bond donors (Lipinski definition) is 0. The summed E-state index contributed by atoms with van der Waals surface area (Å²) in [6, 6.07) is 5.76. The Kier molecular flexibility index (Phi) is 2.54. The second-order valence-corrected chi connectivity index (χ2v) is 4.23. The zero-order chi connectivity index (χ0) is 11.8. The van der Waals surface area contributed by atoms with E-state index in [1.165, 1.54) is 0 Å². The molecule has 1 heterocycles. The van der Waals surface area contributed by atoms with E-state index in [2.05, 4.69) is 0 Å². The second kappa shape index (κ2) is 3.74. The monoisotopic (exact) mass is 220 g/mol. The first kappa shape index (κ1) is 10.9. The molecule has 3 heteroatoms. The highest BCUT2D eigenvalue weighted by Crippen LogP contribution is 2.37. The van der Waals surface area contributed by atoms with Crippen LogP contribution in [0.15, 0.2) is 24.0 Å². The van der Waals surface area contributed by atoms with Crippen LogP contribution in [0.1, 0.15) is 19.4 Å². The average molecular weight is 220 g/mol. The second-order valence-electron chi connectivity index (χ2n) is 4.23. The van der Waals surface area contributed by atoms with E-state index in [4.69, 9.17) is 14.2 Å². The molecule has 1 aromatic rings. The van der Waals surface area contributed by atoms with E-state index in [9.17, 15) is 0 Å². The molecular formula is C13H16O3. The third-order valence-electron chi connectivity index (χ3n) is 2.69. The first-order valence-corrected chi connectivity index (χ1v) is 5.20. The maximum atomic E-state index is 5.89. The highest BCUT2D eigenvalue weighted by Gasteiger charge is 2.31. The molecule has 0 aromatic heterocycles. The SMILES string of the molecule is COC1=Cc2ccc(OC)cc2OC1(C)C. The molecule has 0 spiro atoms. The molecule has 0 radical (unpaired) electrons. The summed E-state index contributed by atoms with van der Waals surface area (Å²) in [6.45, 7) is 3.95. The Morgan fingerprint density at radius 2 is 1.88 bits per heavy atom. The van der Waals surface area contributed by atoms with Crippen LogP contribution in [0.4, 0.5) is 0 Å². The van der Waals surface area contributed by atoms with Crippen LogP contribution >= 0.6 is 0 Å². The molecule has 0 unspecified atom stereocenters. The third kappa shape index (κ3) is 1.73. The van der Waals surface area contributed by atoms with Gasteiger partial charge in [-0.1, -0.05) is 0 Å². The predicted molar refractivity (Wildman–Crippen MR) is 62.7 cm³/mol. The standard InChI is InChI=1S/C13H16O3/c1-13(2)12(15-4)7-9-5-6-10(14-3)8-11(9)16-13/h5-8H,1-4H3. The Morgan fingerprint density at radius 1 is 1.12 bits per heavy atom. The van der Waals surface area contributed by atoms with Crippen LogP contribution < -0.4 is 9.47 Å². The summed E-state index contributed by atoms with van der Waals surface area (Å²) in [5.74, 6) is 2.44. The maximum absolute atomic E-state index is 5.89. The molecule has 0 N–H and O–H groups in total. The molecule has 1 aliphatic heterocycles. The Hall–Kier alpha value is -1.64. The van der Waals surface area contributed by atoms with E-state index in [1.54, 1.807) is 14.2 Å². The molecule has 0 fully saturated rings. The van der Waals surface area contributed by atoms with Gasteiger partial charge in [-0.2, -0.15) is 0 Å². The summed E-state index contributed by atoms with van der Waals surface area (Å²) in [5.41, 5.74) is 0.575. The smallest absolute Gasteiger partial charge is 0.160 e. The van der Waals surface area contributed by atoms with Gasteiger partial charge in [0, 0.05) is 11.6 Å². The van der Waals surface area contributed by atoms with Crippen LogP contribution in [-0.4, -0.2) is 19.8 Å². The lowest BCUT2D eigenvalue weighted by atomic mass is 10.00. The largest absolute Gasteiger partial charge is 0.497 e. The number of rotatable bonds is 2. The van der Waals surface area contributed by atoms with Gasteiger partial charge in [0.25, 0.3) is 0 Å². The lowest BCUT2D eigenvalue weighted by Crippen LogP contribution is -2.33. The number of ether oxygens (including phenoxy) is 3. The topological polar surface area (TPSA) is 27.7 Å². The number of fused-ring (bicyclic) bond motifs is 1. The molecule has 3 nitrogen and oxygen atoms in total. The minimum atomic E-state index is -0.436. The molecule has 0 bridgehead atoms. The molecule has 0 saturated heterocycles. The van der Waals surface area contributed by atoms with E-state index >= 15 is 0 Å². The molecule has 1 aromatic carbocycles. The maximum Gasteiger partial charge on any atom is 0.160 e. The zero-order valence-electron chi connectivity index (χ0n) is 10.0. The van der Waals surface area contributed by atoms with Gasteiger partial charge in [-0.25, -0.2) is 0 Å². The van der Waals surface area contributed by atoms with Crippen molar-refractivity contribution in [3.63, 3.8) is 0 Å². The number of benzene rings is 1. The van der Waals surface area contributed by atoms with Gasteiger partial charge in [-0.3, -0.25) is 0 Å². The Morgan fingerprint density at radius 3 is 2.50 bits per heavy atom. The van der Waals surface area contributed by atoms with Crippen molar-refractivity contribution in [1.29, 1.82) is 0 Å². The van der Waals surface area contributed by atoms with Gasteiger partial charge in [0.05, 0.1) is 14.2 Å². The van der Waals surface area contributed by atoms with Crippen LogP contribution in [0, 0.1) is 0 Å². The Balaban J connectivity index is 2.47. The average Bonchev–Trinajstić information content (AvgIpc) is 2.26. The van der Waals surface area contributed by atoms with E-state index in [0.717, 1.165) is 22.8 Å². The highest BCUT2D eigenvalue weighted by atomic mass is 16.5. The van der Waals surface area contributed by atoms with Gasteiger partial charge in [-0.15, -0.1) is 0 Å². The Labute approximate surface area is 95.6 Å². The summed E-state index contributed by atoms with van der Waals surface area (Å²) >= 11 is 0. The molecular weight excluding hydrogens is 204 g/mol. The lowest BCUT2D eigenvalue weighted by molar-refractivity contribution is 0.0754. The predicted octanol–water partition coefficient (Wildman–Crippen LogP) is 2.85. The van der Waals surface area contributed by atoms with E-state index in [-0.39, 0.29) is 0 Å². The summed E-state index contributed by atoms with van der Waals surface area (Å²) in [5, 5.41) is 0. The van der Waals surface area contributed by atoms with E-state index < -0.39 is 5.60 Å². The summed E-state index contributed by atoms with van der Waals surface area (Å²) < 4.78 is 16.4. The molecule has 2 rings (SSSR count). The molecule has 16 heavy (non-hydrogen) atoms. The number of methoxy groups -OCH3 is 2. The van der Waals surface area contributed by atoms with Crippen LogP contribution in [0.5, 0.6) is 11.5 Å². The fourth-order valence-electron chi connectivity index (χ4n) is 1.79. The van der Waals surface area contributed by atoms with Crippen molar-refractivity contribution < 1.29 is 14.2 Å². The molecule has 0 aliphatic carbocycles. The number of hydrogen-bond acceptors (Lipinski definition) is 3. The van der Waals surface area contributed by atoms with Crippen molar-refractivity contribution in [3.05, 3.63) is 29.5 Å². The van der Waals surface area contributed by atoms with Gasteiger partial charge >= 0.3 is 0 Å². The first-order chi connectivity index (χ1) is 7.56. The molecule has 0 amide bonds. The van der Waals surface area contributed by atoms with Crippen molar-refractivity contribution in [3.8, 4) is 11.5 Å². The first-order valence-electron chi connectivity index (χ1n) is 5.20. The van der Waals surface area contributed by atoms with Crippen LogP contribution in [0.25, 0.3) is 6.08 Å². The molecule has 0 saturated carbocycles. The van der Waals surface area contributed by atoms with Crippen LogP contribution in [-0.2, 0) is 4.74 Å². The van der Waals surface area contributed by atoms with E-state index in [1.807, 2.05) is 38.1 Å². The summed E-state index contributed by atoms with van der Waals surface area (Å²) in [6.07, 6.45) is 2.00. The van der Waals surface area contributed by atoms with Crippen molar-refractivity contribution in [2.75, 3.05) is 14.2 Å². The van der Waals surface area contributed by atoms with Crippen LogP contribution in [0.3, 0.4) is 0 Å². The zero-order valence-corrected chi connectivity index (χ0v) is 10.0. The highest BCUT2D eigenvalue weighted by molar-refractivity contribution is 5.64. The van der Waals surface area contributed by atoms with Gasteiger partial charge < -0.3 is 14.2 Å². The van der Waals surface area contributed by atoms with Gasteiger partial charge in [0.2, 0.25) is 0 Å². The molecule has 0 atom stereocenters. The van der Waals surface area contributed by atoms with Crippen molar-refractivity contribution in [2.45, 2.75) is 19.4 Å². The quantitative estimate of drug-likeness (QED) is 0.767. The molecule has 86 valence electrons. The van der Waals surface area contributed by atoms with Crippen molar-refractivity contribution in [2.24, 2.45) is 0 Å².